The number of nitrogens with one attached hydrogen (secondary N) is 1. The summed E-state index contributed by atoms with van der Waals surface area (Å²) in [6, 6.07) is 2.39. The quantitative estimate of drug-likeness (QED) is 0.920. The monoisotopic (exact) mass is 337 g/mol. The van der Waals surface area contributed by atoms with Crippen molar-refractivity contribution in [2.45, 2.75) is 11.8 Å². The van der Waals surface area contributed by atoms with Gasteiger partial charge in [0, 0.05) is 6.92 Å². The van der Waals surface area contributed by atoms with Crippen molar-refractivity contribution >= 4 is 39.2 Å². The molecule has 2 aromatic rings. The minimum Gasteiger partial charge on any atom is -0.495 e. The van der Waals surface area contributed by atoms with Gasteiger partial charge in [-0.15, -0.1) is 5.10 Å². The Kier molecular flexibility index (Phi) is 4.07. The van der Waals surface area contributed by atoms with Crippen LogP contribution in [-0.4, -0.2) is 25.7 Å². The van der Waals surface area contributed by atoms with Gasteiger partial charge in [0.15, 0.2) is 0 Å². The van der Waals surface area contributed by atoms with Crippen LogP contribution in [0.4, 0.5) is 6.01 Å². The Hall–Kier alpha value is -1.51. The summed E-state index contributed by atoms with van der Waals surface area (Å²) in [6.07, 6.45) is 0. The molecule has 7 nitrogen and oxygen atoms in total. The van der Waals surface area contributed by atoms with Crippen LogP contribution in [0, 0.1) is 6.92 Å². The lowest BCUT2D eigenvalue weighted by Gasteiger charge is -2.10. The molecule has 108 valence electrons. The summed E-state index contributed by atoms with van der Waals surface area (Å²) in [6.45, 7) is 1.53. The van der Waals surface area contributed by atoms with Gasteiger partial charge in [0.1, 0.15) is 15.7 Å². The van der Waals surface area contributed by atoms with Crippen molar-refractivity contribution in [2.75, 3.05) is 11.8 Å². The number of aromatic nitrogens is 2. The van der Waals surface area contributed by atoms with Crippen molar-refractivity contribution in [1.29, 1.82) is 0 Å². The van der Waals surface area contributed by atoms with Gasteiger partial charge in [-0.25, -0.2) is 13.1 Å². The van der Waals surface area contributed by atoms with Gasteiger partial charge in [0.25, 0.3) is 10.0 Å². The van der Waals surface area contributed by atoms with Gasteiger partial charge in [0.2, 0.25) is 5.89 Å². The molecule has 1 N–H and O–H groups in total. The topological polar surface area (TPSA) is 94.3 Å². The van der Waals surface area contributed by atoms with E-state index in [-0.39, 0.29) is 32.6 Å². The lowest BCUT2D eigenvalue weighted by Crippen LogP contribution is -2.14. The first kappa shape index (κ1) is 14.9. The van der Waals surface area contributed by atoms with E-state index in [1.165, 1.54) is 26.2 Å². The molecule has 1 aromatic carbocycles. The lowest BCUT2D eigenvalue weighted by atomic mass is 10.3. The number of hydrogen-bond donors (Lipinski definition) is 1. The SMILES string of the molecule is COc1ccc(S(=O)(=O)Nc2nnc(C)o2)c(Cl)c1Cl. The maximum atomic E-state index is 12.2. The van der Waals surface area contributed by atoms with Crippen molar-refractivity contribution in [3.8, 4) is 5.75 Å². The first-order valence-corrected chi connectivity index (χ1v) is 7.44. The average Bonchev–Trinajstić information content (AvgIpc) is 2.77. The molecule has 0 aliphatic heterocycles. The van der Waals surface area contributed by atoms with E-state index in [0.717, 1.165) is 0 Å². The van der Waals surface area contributed by atoms with Crippen LogP contribution >= 0.6 is 23.2 Å². The fraction of sp³-hybridized carbons (Fsp3) is 0.200. The number of halogens is 2. The van der Waals surface area contributed by atoms with Gasteiger partial charge < -0.3 is 9.15 Å². The van der Waals surface area contributed by atoms with Gasteiger partial charge in [0.05, 0.1) is 12.1 Å². The molecule has 0 saturated heterocycles. The number of sulfonamides is 1. The number of aryl methyl sites for hydroxylation is 1. The summed E-state index contributed by atoms with van der Waals surface area (Å²) in [5.74, 6) is 0.491. The molecule has 20 heavy (non-hydrogen) atoms. The zero-order chi connectivity index (χ0) is 14.9. The van der Waals surface area contributed by atoms with E-state index in [2.05, 4.69) is 14.9 Å². The number of nitrogens with zero attached hydrogens (tertiary/aromatic N) is 2. The van der Waals surface area contributed by atoms with E-state index in [1.54, 1.807) is 0 Å². The van der Waals surface area contributed by atoms with Gasteiger partial charge in [-0.05, 0) is 12.1 Å². The van der Waals surface area contributed by atoms with Crippen LogP contribution in [0.25, 0.3) is 0 Å². The maximum Gasteiger partial charge on any atom is 0.329 e. The molecule has 0 bridgehead atoms. The van der Waals surface area contributed by atoms with Crippen LogP contribution in [-0.2, 0) is 10.0 Å². The molecule has 0 atom stereocenters. The Balaban J connectivity index is 2.42. The highest BCUT2D eigenvalue weighted by Crippen LogP contribution is 2.37. The Labute approximate surface area is 124 Å². The zero-order valence-corrected chi connectivity index (χ0v) is 12.7. The number of anilines is 1. The van der Waals surface area contributed by atoms with Gasteiger partial charge in [-0.2, -0.15) is 0 Å². The molecule has 0 amide bonds. The fourth-order valence-corrected chi connectivity index (χ4v) is 3.15. The Bertz CT molecular complexity index is 745. The van der Waals surface area contributed by atoms with Crippen LogP contribution < -0.4 is 9.46 Å². The van der Waals surface area contributed by atoms with Crippen LogP contribution in [0.1, 0.15) is 5.89 Å². The highest BCUT2D eigenvalue weighted by molar-refractivity contribution is 7.92. The molecule has 2 rings (SSSR count). The van der Waals surface area contributed by atoms with Crippen LogP contribution in [0.5, 0.6) is 5.75 Å². The summed E-state index contributed by atoms with van der Waals surface area (Å²) < 4.78 is 36.3. The van der Waals surface area contributed by atoms with Gasteiger partial charge in [-0.1, -0.05) is 28.3 Å². The smallest absolute Gasteiger partial charge is 0.329 e. The number of hydrogen-bond acceptors (Lipinski definition) is 6. The standard InChI is InChI=1S/C10H9Cl2N3O4S/c1-5-13-14-10(19-5)15-20(16,17)7-4-3-6(18-2)8(11)9(7)12/h3-4H,1-2H3,(H,14,15). The first-order chi connectivity index (χ1) is 9.35. The van der Waals surface area contributed by atoms with E-state index < -0.39 is 10.0 Å². The average molecular weight is 338 g/mol. The fourth-order valence-electron chi connectivity index (χ4n) is 1.39. The van der Waals surface area contributed by atoms with E-state index in [4.69, 9.17) is 32.4 Å². The second-order valence-electron chi connectivity index (χ2n) is 3.63. The predicted molar refractivity (Wildman–Crippen MR) is 72.9 cm³/mol. The number of benzene rings is 1. The van der Waals surface area contributed by atoms with Crippen LogP contribution in [0.15, 0.2) is 21.4 Å². The van der Waals surface area contributed by atoms with Crippen molar-refractivity contribution in [1.82, 2.24) is 10.2 Å². The molecule has 0 aliphatic carbocycles. The van der Waals surface area contributed by atoms with E-state index in [9.17, 15) is 8.42 Å². The molecule has 10 heteroatoms. The van der Waals surface area contributed by atoms with E-state index >= 15 is 0 Å². The third-order valence-corrected chi connectivity index (χ3v) is 4.61. The van der Waals surface area contributed by atoms with E-state index in [1.807, 2.05) is 0 Å². The van der Waals surface area contributed by atoms with Crippen molar-refractivity contribution in [3.63, 3.8) is 0 Å². The zero-order valence-electron chi connectivity index (χ0n) is 10.3. The summed E-state index contributed by atoms with van der Waals surface area (Å²) in [7, 11) is -2.60. The number of methoxy groups -OCH3 is 1. The molecule has 0 radical (unpaired) electrons. The first-order valence-electron chi connectivity index (χ1n) is 5.20. The van der Waals surface area contributed by atoms with Crippen LogP contribution in [0.3, 0.4) is 0 Å². The maximum absolute atomic E-state index is 12.2. The van der Waals surface area contributed by atoms with E-state index in [0.29, 0.717) is 0 Å². The third kappa shape index (κ3) is 2.82. The molecule has 0 spiro atoms. The highest BCUT2D eigenvalue weighted by atomic mass is 35.5. The summed E-state index contributed by atoms with van der Waals surface area (Å²) in [5, 5.41) is 6.88. The molecule has 0 aliphatic rings. The Morgan fingerprint density at radius 1 is 1.25 bits per heavy atom. The van der Waals surface area contributed by atoms with Gasteiger partial charge in [-0.3, -0.25) is 0 Å². The Morgan fingerprint density at radius 3 is 2.50 bits per heavy atom. The van der Waals surface area contributed by atoms with Crippen LogP contribution in [0.2, 0.25) is 10.0 Å². The molecule has 0 fully saturated rings. The Morgan fingerprint density at radius 2 is 1.95 bits per heavy atom. The molecular formula is C10H9Cl2N3O4S. The predicted octanol–water partition coefficient (Wildman–Crippen LogP) is 2.49. The molecule has 0 saturated carbocycles. The molecule has 1 aromatic heterocycles. The minimum absolute atomic E-state index is 0.00116. The van der Waals surface area contributed by atoms with Crippen molar-refractivity contribution < 1.29 is 17.6 Å². The van der Waals surface area contributed by atoms with Crippen molar-refractivity contribution in [2.24, 2.45) is 0 Å². The second-order valence-corrected chi connectivity index (χ2v) is 6.03. The summed E-state index contributed by atoms with van der Waals surface area (Å²) in [4.78, 5) is -0.221. The minimum atomic E-state index is -4.00. The van der Waals surface area contributed by atoms with Gasteiger partial charge >= 0.3 is 6.01 Å². The molecule has 1 heterocycles. The molecular weight excluding hydrogens is 329 g/mol. The summed E-state index contributed by atoms with van der Waals surface area (Å²) in [5.41, 5.74) is 0. The normalized spacial score (nSPS) is 11.4. The third-order valence-electron chi connectivity index (χ3n) is 2.27. The number of rotatable bonds is 4. The lowest BCUT2D eigenvalue weighted by molar-refractivity contribution is 0.414. The number of ether oxygens (including phenoxy) is 1. The largest absolute Gasteiger partial charge is 0.495 e. The van der Waals surface area contributed by atoms with Crippen molar-refractivity contribution in [3.05, 3.63) is 28.1 Å². The highest BCUT2D eigenvalue weighted by Gasteiger charge is 2.23. The summed E-state index contributed by atoms with van der Waals surface area (Å²) >= 11 is 11.8. The second kappa shape index (κ2) is 5.47. The molecule has 0 unspecified atom stereocenters.